The Morgan fingerprint density at radius 2 is 1.78 bits per heavy atom. The van der Waals surface area contributed by atoms with Crippen molar-refractivity contribution < 1.29 is 33.3 Å². The molecule has 23 heavy (non-hydrogen) atoms. The van der Waals surface area contributed by atoms with Crippen molar-refractivity contribution in [3.05, 3.63) is 41.2 Å². The zero-order valence-electron chi connectivity index (χ0n) is 12.9. The lowest BCUT2D eigenvalue weighted by molar-refractivity contribution is 0.0589. The van der Waals surface area contributed by atoms with Gasteiger partial charge in [0.2, 0.25) is 0 Å². The molecule has 1 aromatic heterocycles. The number of aromatic hydroxyl groups is 1. The molecule has 0 spiro atoms. The second-order valence-corrected chi connectivity index (χ2v) is 4.58. The Hall–Kier alpha value is -2.80. The van der Waals surface area contributed by atoms with E-state index < -0.39 is 17.7 Å². The normalized spacial score (nSPS) is 10.4. The molecule has 0 radical (unpaired) electrons. The van der Waals surface area contributed by atoms with E-state index in [4.69, 9.17) is 13.9 Å². The molecule has 0 saturated heterocycles. The average Bonchev–Trinajstić information content (AvgIpc) is 3.08. The molecule has 2 aromatic rings. The first-order chi connectivity index (χ1) is 11.0. The maximum atomic E-state index is 12.1. The Bertz CT molecular complexity index is 717. The number of phenols is 1. The molecule has 0 atom stereocenters. The molecule has 0 fully saturated rings. The van der Waals surface area contributed by atoms with E-state index in [0.29, 0.717) is 16.9 Å². The van der Waals surface area contributed by atoms with Crippen LogP contribution in [0.25, 0.3) is 11.3 Å². The van der Waals surface area contributed by atoms with Crippen LogP contribution in [-0.4, -0.2) is 38.4 Å². The number of methoxy groups -OCH3 is 3. The van der Waals surface area contributed by atoms with Gasteiger partial charge in [-0.3, -0.25) is 0 Å². The van der Waals surface area contributed by atoms with Gasteiger partial charge < -0.3 is 23.7 Å². The molecule has 1 N–H and O–H groups in total. The molecule has 0 unspecified atom stereocenters. The second kappa shape index (κ2) is 6.97. The number of furan rings is 1. The Kier molecular flexibility index (Phi) is 5.02. The highest BCUT2D eigenvalue weighted by molar-refractivity contribution is 6.05. The number of hydrogen-bond donors (Lipinski definition) is 1. The minimum absolute atomic E-state index is 0.0349. The summed E-state index contributed by atoms with van der Waals surface area (Å²) in [6, 6.07) is 4.79. The molecule has 0 aliphatic rings. The predicted octanol–water partition coefficient (Wildman–Crippen LogP) is 2.37. The minimum atomic E-state index is -0.803. The quantitative estimate of drug-likeness (QED) is 0.845. The zero-order valence-corrected chi connectivity index (χ0v) is 12.9. The Morgan fingerprint density at radius 3 is 2.30 bits per heavy atom. The van der Waals surface area contributed by atoms with Gasteiger partial charge in [-0.05, 0) is 23.8 Å². The van der Waals surface area contributed by atoms with Crippen molar-refractivity contribution in [2.75, 3.05) is 21.3 Å². The topological polar surface area (TPSA) is 95.2 Å². The van der Waals surface area contributed by atoms with Crippen LogP contribution in [0.3, 0.4) is 0 Å². The van der Waals surface area contributed by atoms with Gasteiger partial charge in [-0.15, -0.1) is 0 Å². The zero-order chi connectivity index (χ0) is 17.0. The molecule has 1 heterocycles. The van der Waals surface area contributed by atoms with Gasteiger partial charge in [0.15, 0.2) is 0 Å². The highest BCUT2D eigenvalue weighted by atomic mass is 16.5. The van der Waals surface area contributed by atoms with Gasteiger partial charge >= 0.3 is 11.9 Å². The number of rotatable bonds is 5. The third-order valence-electron chi connectivity index (χ3n) is 3.25. The van der Waals surface area contributed by atoms with Crippen molar-refractivity contribution in [2.45, 2.75) is 6.61 Å². The highest BCUT2D eigenvalue weighted by Crippen LogP contribution is 2.37. The molecule has 0 bridgehead atoms. The fraction of sp³-hybridized carbons (Fsp3) is 0.250. The average molecular weight is 320 g/mol. The monoisotopic (exact) mass is 320 g/mol. The van der Waals surface area contributed by atoms with E-state index in [1.165, 1.54) is 33.7 Å². The summed E-state index contributed by atoms with van der Waals surface area (Å²) in [5, 5.41) is 10.5. The largest absolute Gasteiger partial charge is 0.506 e. The van der Waals surface area contributed by atoms with Gasteiger partial charge in [0.05, 0.1) is 27.1 Å². The lowest BCUT2D eigenvalue weighted by Gasteiger charge is -2.15. The molecular weight excluding hydrogens is 304 g/mol. The molecule has 0 aliphatic heterocycles. The lowest BCUT2D eigenvalue weighted by Crippen LogP contribution is -2.12. The summed E-state index contributed by atoms with van der Waals surface area (Å²) < 4.78 is 19.7. The van der Waals surface area contributed by atoms with Gasteiger partial charge in [0.1, 0.15) is 22.6 Å². The SMILES string of the molecule is COCc1cc(-c2ccco2)c(C(=O)OC)c(O)c1C(=O)OC. The summed E-state index contributed by atoms with van der Waals surface area (Å²) in [6.07, 6.45) is 1.43. The van der Waals surface area contributed by atoms with Crippen LogP contribution in [-0.2, 0) is 20.8 Å². The van der Waals surface area contributed by atoms with E-state index in [0.717, 1.165) is 0 Å². The Labute approximate surface area is 132 Å². The van der Waals surface area contributed by atoms with Crippen molar-refractivity contribution >= 4 is 11.9 Å². The van der Waals surface area contributed by atoms with Crippen LogP contribution >= 0.6 is 0 Å². The van der Waals surface area contributed by atoms with Crippen LogP contribution in [0.5, 0.6) is 5.75 Å². The van der Waals surface area contributed by atoms with Crippen LogP contribution in [0, 0.1) is 0 Å². The maximum absolute atomic E-state index is 12.1. The standard InChI is InChI=1S/C16H16O7/c1-20-8-9-7-10(11-5-4-6-23-11)13(16(19)22-3)14(17)12(9)15(18)21-2/h4-7,17H,8H2,1-3H3. The second-order valence-electron chi connectivity index (χ2n) is 4.58. The fourth-order valence-electron chi connectivity index (χ4n) is 2.26. The van der Waals surface area contributed by atoms with Gasteiger partial charge in [0, 0.05) is 12.7 Å². The molecule has 0 saturated carbocycles. The summed E-state index contributed by atoms with van der Waals surface area (Å²) in [7, 11) is 3.80. The number of carbonyl (C=O) groups excluding carboxylic acids is 2. The van der Waals surface area contributed by atoms with Crippen LogP contribution < -0.4 is 0 Å². The van der Waals surface area contributed by atoms with E-state index in [9.17, 15) is 14.7 Å². The number of ether oxygens (including phenoxy) is 3. The van der Waals surface area contributed by atoms with Crippen molar-refractivity contribution in [3.8, 4) is 17.1 Å². The first-order valence-corrected chi connectivity index (χ1v) is 6.63. The van der Waals surface area contributed by atoms with Crippen molar-refractivity contribution in [3.63, 3.8) is 0 Å². The van der Waals surface area contributed by atoms with E-state index in [-0.39, 0.29) is 17.7 Å². The fourth-order valence-corrected chi connectivity index (χ4v) is 2.26. The van der Waals surface area contributed by atoms with Crippen molar-refractivity contribution in [2.24, 2.45) is 0 Å². The number of phenolic OH excluding ortho intramolecular Hbond substituents is 1. The van der Waals surface area contributed by atoms with E-state index in [2.05, 4.69) is 4.74 Å². The molecule has 7 heteroatoms. The van der Waals surface area contributed by atoms with Crippen molar-refractivity contribution in [1.82, 2.24) is 0 Å². The molecule has 0 aliphatic carbocycles. The summed E-state index contributed by atoms with van der Waals surface area (Å²) in [4.78, 5) is 24.1. The van der Waals surface area contributed by atoms with Crippen LogP contribution in [0.2, 0.25) is 0 Å². The third-order valence-corrected chi connectivity index (χ3v) is 3.25. The van der Waals surface area contributed by atoms with E-state index in [1.54, 1.807) is 12.1 Å². The number of esters is 2. The first-order valence-electron chi connectivity index (χ1n) is 6.63. The molecule has 2 rings (SSSR count). The lowest BCUT2D eigenvalue weighted by atomic mass is 9.95. The Morgan fingerprint density at radius 1 is 1.13 bits per heavy atom. The van der Waals surface area contributed by atoms with Gasteiger partial charge in [0.25, 0.3) is 0 Å². The summed E-state index contributed by atoms with van der Waals surface area (Å²) in [6.45, 7) is 0.0349. The summed E-state index contributed by atoms with van der Waals surface area (Å²) >= 11 is 0. The molecule has 7 nitrogen and oxygen atoms in total. The summed E-state index contributed by atoms with van der Waals surface area (Å²) in [5.74, 6) is -1.78. The number of carbonyl (C=O) groups is 2. The van der Waals surface area contributed by atoms with Gasteiger partial charge in [-0.1, -0.05) is 0 Å². The third kappa shape index (κ3) is 3.04. The highest BCUT2D eigenvalue weighted by Gasteiger charge is 2.28. The molecule has 122 valence electrons. The maximum Gasteiger partial charge on any atom is 0.342 e. The number of benzene rings is 1. The van der Waals surface area contributed by atoms with Crippen LogP contribution in [0.15, 0.2) is 28.9 Å². The molecule has 1 aromatic carbocycles. The molecular formula is C16H16O7. The predicted molar refractivity (Wildman–Crippen MR) is 79.2 cm³/mol. The summed E-state index contributed by atoms with van der Waals surface area (Å²) in [5.41, 5.74) is 0.322. The molecule has 0 amide bonds. The van der Waals surface area contributed by atoms with E-state index >= 15 is 0 Å². The van der Waals surface area contributed by atoms with Crippen LogP contribution in [0.1, 0.15) is 26.3 Å². The smallest absolute Gasteiger partial charge is 0.342 e. The van der Waals surface area contributed by atoms with Crippen LogP contribution in [0.4, 0.5) is 0 Å². The first kappa shape index (κ1) is 16.6. The van der Waals surface area contributed by atoms with Gasteiger partial charge in [-0.2, -0.15) is 0 Å². The minimum Gasteiger partial charge on any atom is -0.506 e. The Balaban J connectivity index is 2.81. The van der Waals surface area contributed by atoms with E-state index in [1.807, 2.05) is 0 Å². The van der Waals surface area contributed by atoms with Crippen molar-refractivity contribution in [1.29, 1.82) is 0 Å². The van der Waals surface area contributed by atoms with Gasteiger partial charge in [-0.25, -0.2) is 9.59 Å². The number of hydrogen-bond acceptors (Lipinski definition) is 7.